The summed E-state index contributed by atoms with van der Waals surface area (Å²) in [6, 6.07) is 30.0. The van der Waals surface area contributed by atoms with Gasteiger partial charge in [0.1, 0.15) is 47.3 Å². The van der Waals surface area contributed by atoms with Crippen LogP contribution in [0.5, 0.6) is 5.75 Å². The van der Waals surface area contributed by atoms with Crippen LogP contribution in [0.15, 0.2) is 109 Å². The van der Waals surface area contributed by atoms with Gasteiger partial charge in [0.15, 0.2) is 0 Å². The van der Waals surface area contributed by atoms with Crippen molar-refractivity contribution in [3.05, 3.63) is 132 Å². The van der Waals surface area contributed by atoms with Crippen LogP contribution in [-0.4, -0.2) is 99.5 Å². The zero-order valence-electron chi connectivity index (χ0n) is 37.6. The van der Waals surface area contributed by atoms with Crippen LogP contribution in [0, 0.1) is 0 Å². The quantitative estimate of drug-likeness (QED) is 0.108. The maximum atomic E-state index is 14.9. The molecule has 5 aromatic rings. The molecule has 0 spiro atoms. The van der Waals surface area contributed by atoms with Crippen molar-refractivity contribution in [3.8, 4) is 5.75 Å². The molecule has 3 aliphatic rings. The minimum Gasteiger partial charge on any atom is -0.497 e. The van der Waals surface area contributed by atoms with Crippen molar-refractivity contribution in [1.82, 2.24) is 19.3 Å². The van der Waals surface area contributed by atoms with Gasteiger partial charge in [-0.3, -0.25) is 19.4 Å². The van der Waals surface area contributed by atoms with E-state index < -0.39 is 53.1 Å². The van der Waals surface area contributed by atoms with Crippen molar-refractivity contribution >= 4 is 46.6 Å². The Kier molecular flexibility index (Phi) is 11.4. The number of nitrogens with zero attached hydrogens (tertiary/aromatic N) is 5. The molecule has 14 heteroatoms. The number of rotatable bonds is 9. The molecule has 4 atom stereocenters. The van der Waals surface area contributed by atoms with Gasteiger partial charge in [0, 0.05) is 48.6 Å². The van der Waals surface area contributed by atoms with E-state index in [4.69, 9.17) is 18.9 Å². The Labute approximate surface area is 373 Å². The Morgan fingerprint density at radius 2 is 1.36 bits per heavy atom. The summed E-state index contributed by atoms with van der Waals surface area (Å²) in [5.74, 6) is -0.392. The number of para-hydroxylation sites is 2. The average Bonchev–Trinajstić information content (AvgIpc) is 3.89. The number of fused-ring (bicyclic) bond motifs is 4. The van der Waals surface area contributed by atoms with Crippen LogP contribution in [0.2, 0.25) is 0 Å². The molecule has 8 rings (SSSR count). The summed E-state index contributed by atoms with van der Waals surface area (Å²) >= 11 is 0. The average molecular weight is 870 g/mol. The van der Waals surface area contributed by atoms with E-state index in [9.17, 15) is 24.0 Å². The van der Waals surface area contributed by atoms with Crippen molar-refractivity contribution in [2.45, 2.75) is 102 Å². The lowest BCUT2D eigenvalue weighted by atomic mass is 9.86. The van der Waals surface area contributed by atoms with Gasteiger partial charge in [-0.15, -0.1) is 0 Å². The third-order valence-electron chi connectivity index (χ3n) is 12.1. The SMILES string of the molecule is COC(=O)[C@H]1C[C@@]2(n3cc(C[C@H]4C(=O)N(Cc5ccc(OC)cc5)CC(=O)N4Cc4ccccc4)c4ccccc43)c3ccccc3N(C(=O)OC(C)(C)C)[C@H]2N1C(=O)OC(C)(C)C. The maximum Gasteiger partial charge on any atom is 0.416 e. The highest BCUT2D eigenvalue weighted by Gasteiger charge is 2.67. The number of hydrogen-bond acceptors (Lipinski definition) is 9. The van der Waals surface area contributed by atoms with Gasteiger partial charge in [0.05, 0.1) is 19.9 Å². The van der Waals surface area contributed by atoms with Crippen LogP contribution in [0.4, 0.5) is 15.3 Å². The Morgan fingerprint density at radius 1 is 0.734 bits per heavy atom. The number of hydrogen-bond donors (Lipinski definition) is 0. The van der Waals surface area contributed by atoms with Crippen molar-refractivity contribution in [1.29, 1.82) is 0 Å². The number of anilines is 1. The molecule has 0 N–H and O–H groups in total. The lowest BCUT2D eigenvalue weighted by molar-refractivity contribution is -0.157. The number of amides is 4. The van der Waals surface area contributed by atoms with Crippen LogP contribution in [0.3, 0.4) is 0 Å². The number of esters is 1. The number of benzene rings is 4. The monoisotopic (exact) mass is 869 g/mol. The minimum absolute atomic E-state index is 0.00533. The Morgan fingerprint density at radius 3 is 2.03 bits per heavy atom. The molecule has 0 unspecified atom stereocenters. The molecule has 4 aromatic carbocycles. The van der Waals surface area contributed by atoms with E-state index in [1.165, 1.54) is 16.9 Å². The van der Waals surface area contributed by atoms with E-state index >= 15 is 0 Å². The molecule has 334 valence electrons. The van der Waals surface area contributed by atoms with E-state index in [0.717, 1.165) is 27.6 Å². The Balaban J connectivity index is 1.30. The van der Waals surface area contributed by atoms with Crippen LogP contribution in [0.25, 0.3) is 10.9 Å². The molecule has 1 aromatic heterocycles. The topological polar surface area (TPSA) is 140 Å². The van der Waals surface area contributed by atoms with Gasteiger partial charge in [0.25, 0.3) is 0 Å². The van der Waals surface area contributed by atoms with E-state index in [1.807, 2.05) is 108 Å². The van der Waals surface area contributed by atoms with Crippen LogP contribution < -0.4 is 9.64 Å². The lowest BCUT2D eigenvalue weighted by Crippen LogP contribution is -2.59. The highest BCUT2D eigenvalue weighted by molar-refractivity contribution is 5.98. The number of carbonyl (C=O) groups is 5. The van der Waals surface area contributed by atoms with E-state index in [2.05, 4.69) is 0 Å². The Hall–Kier alpha value is -6.83. The largest absolute Gasteiger partial charge is 0.497 e. The highest BCUT2D eigenvalue weighted by Crippen LogP contribution is 2.57. The van der Waals surface area contributed by atoms with Crippen molar-refractivity contribution in [2.75, 3.05) is 25.7 Å². The van der Waals surface area contributed by atoms with Crippen LogP contribution >= 0.6 is 0 Å². The smallest absolute Gasteiger partial charge is 0.416 e. The molecule has 4 amide bonds. The fraction of sp³-hybridized carbons (Fsp3) is 0.380. The molecule has 14 nitrogen and oxygen atoms in total. The second kappa shape index (κ2) is 16.7. The van der Waals surface area contributed by atoms with Gasteiger partial charge >= 0.3 is 18.2 Å². The summed E-state index contributed by atoms with van der Waals surface area (Å²) in [7, 11) is 2.86. The molecule has 0 radical (unpaired) electrons. The predicted molar refractivity (Wildman–Crippen MR) is 239 cm³/mol. The Bertz CT molecular complexity index is 2600. The number of piperazine rings is 1. The molecule has 3 aliphatic heterocycles. The molecule has 2 fully saturated rings. The maximum absolute atomic E-state index is 14.9. The number of ether oxygens (including phenoxy) is 4. The normalized spacial score (nSPS) is 20.9. The number of carbonyl (C=O) groups excluding carboxylic acids is 5. The van der Waals surface area contributed by atoms with Crippen molar-refractivity contribution in [2.24, 2.45) is 0 Å². The number of aromatic nitrogens is 1. The molecule has 0 saturated carbocycles. The first-order valence-corrected chi connectivity index (χ1v) is 21.5. The molecule has 4 heterocycles. The predicted octanol–water partition coefficient (Wildman–Crippen LogP) is 7.64. The van der Waals surface area contributed by atoms with Gasteiger partial charge in [0.2, 0.25) is 11.8 Å². The summed E-state index contributed by atoms with van der Waals surface area (Å²) in [5, 5.41) is 0.793. The van der Waals surface area contributed by atoms with Gasteiger partial charge < -0.3 is 33.3 Å². The zero-order chi connectivity index (χ0) is 45.7. The van der Waals surface area contributed by atoms with Gasteiger partial charge in [-0.2, -0.15) is 0 Å². The first-order valence-electron chi connectivity index (χ1n) is 21.5. The van der Waals surface area contributed by atoms with Crippen LogP contribution in [0.1, 0.15) is 70.2 Å². The molecule has 64 heavy (non-hydrogen) atoms. The molecule has 0 aliphatic carbocycles. The van der Waals surface area contributed by atoms with E-state index in [0.29, 0.717) is 17.0 Å². The van der Waals surface area contributed by atoms with Gasteiger partial charge in [-0.1, -0.05) is 78.9 Å². The first kappa shape index (κ1) is 43.8. The van der Waals surface area contributed by atoms with Crippen molar-refractivity contribution < 1.29 is 42.9 Å². The standard InChI is InChI=1S/C50H55N5O9/c1-48(2,3)63-46(59)54-39-21-15-13-19-37(39)50(27-41(44(58)62-8)55(45(50)54)47(60)64-49(4,5)6)53-30-34(36-18-12-14-20-38(36)53)26-40-43(57)51(28-33-22-24-35(61-7)25-23-33)31-42(56)52(40)29-32-16-10-9-11-17-32/h9-25,30,40-41,45H,26-29,31H2,1-8H3/t40-,41+,45-,50+/m0/s1. The fourth-order valence-corrected chi connectivity index (χ4v) is 9.47. The molecular weight excluding hydrogens is 815 g/mol. The number of likely N-dealkylation sites (tertiary alicyclic amines) is 1. The second-order valence-corrected chi connectivity index (χ2v) is 18.6. The lowest BCUT2D eigenvalue weighted by Gasteiger charge is -2.40. The third kappa shape index (κ3) is 8.01. The highest BCUT2D eigenvalue weighted by atomic mass is 16.6. The zero-order valence-corrected chi connectivity index (χ0v) is 37.6. The minimum atomic E-state index is -1.32. The summed E-state index contributed by atoms with van der Waals surface area (Å²) in [4.78, 5) is 78.5. The van der Waals surface area contributed by atoms with Gasteiger partial charge in [-0.25, -0.2) is 14.4 Å². The third-order valence-corrected chi connectivity index (χ3v) is 12.1. The molecule has 2 saturated heterocycles. The van der Waals surface area contributed by atoms with E-state index in [-0.39, 0.29) is 44.3 Å². The summed E-state index contributed by atoms with van der Waals surface area (Å²) in [6.07, 6.45) is -0.640. The summed E-state index contributed by atoms with van der Waals surface area (Å²) in [6.45, 7) is 10.9. The fourth-order valence-electron chi connectivity index (χ4n) is 9.47. The summed E-state index contributed by atoms with van der Waals surface area (Å²) < 4.78 is 24.8. The van der Waals surface area contributed by atoms with Crippen molar-refractivity contribution in [3.63, 3.8) is 0 Å². The number of methoxy groups -OCH3 is 2. The van der Waals surface area contributed by atoms with Gasteiger partial charge in [-0.05, 0) is 82.5 Å². The van der Waals surface area contributed by atoms with E-state index in [1.54, 1.807) is 64.5 Å². The van der Waals surface area contributed by atoms with Crippen LogP contribution in [-0.2, 0) is 53.6 Å². The molecule has 0 bridgehead atoms. The molecular formula is C50H55N5O9. The second-order valence-electron chi connectivity index (χ2n) is 18.6. The summed E-state index contributed by atoms with van der Waals surface area (Å²) in [5.41, 5.74) is 1.16. The first-order chi connectivity index (χ1) is 30.4.